The fourth-order valence-electron chi connectivity index (χ4n) is 1.92. The van der Waals surface area contributed by atoms with Crippen molar-refractivity contribution in [2.75, 3.05) is 0 Å². The standard InChI is InChI=1S/C8H18Si.C5H10O/c1-8-6-4-5-7-9(8,2)3;1-3-5(6)4-2/h8H,4-7H2,1-3H3;3-4H2,1-2H3. The average Bonchev–Trinajstić information content (AvgIpc) is 2.22. The lowest BCUT2D eigenvalue weighted by atomic mass is 10.2. The summed E-state index contributed by atoms with van der Waals surface area (Å²) in [6.07, 6.45) is 5.91. The predicted molar refractivity (Wildman–Crippen MR) is 71.2 cm³/mol. The number of hydrogen-bond acceptors (Lipinski definition) is 1. The fourth-order valence-corrected chi connectivity index (χ4v) is 4.56. The normalized spacial score (nSPS) is 23.9. The second kappa shape index (κ2) is 7.21. The molecule has 1 aliphatic rings. The third kappa shape index (κ3) is 6.13. The number of carbonyl (C=O) groups excluding carboxylic acids is 1. The summed E-state index contributed by atoms with van der Waals surface area (Å²) in [6.45, 7) is 11.3. The van der Waals surface area contributed by atoms with E-state index < -0.39 is 8.07 Å². The van der Waals surface area contributed by atoms with E-state index >= 15 is 0 Å². The highest BCUT2D eigenvalue weighted by atomic mass is 28.3. The second-order valence-corrected chi connectivity index (χ2v) is 10.8. The van der Waals surface area contributed by atoms with Crippen LogP contribution in [-0.4, -0.2) is 13.9 Å². The van der Waals surface area contributed by atoms with Crippen LogP contribution >= 0.6 is 0 Å². The van der Waals surface area contributed by atoms with Gasteiger partial charge in [-0.3, -0.25) is 4.79 Å². The van der Waals surface area contributed by atoms with E-state index in [2.05, 4.69) is 20.0 Å². The zero-order chi connectivity index (χ0) is 11.9. The van der Waals surface area contributed by atoms with Crippen LogP contribution < -0.4 is 0 Å². The summed E-state index contributed by atoms with van der Waals surface area (Å²) < 4.78 is 0. The minimum atomic E-state index is -0.694. The van der Waals surface area contributed by atoms with Gasteiger partial charge in [0.15, 0.2) is 0 Å². The first-order valence-electron chi connectivity index (χ1n) is 6.45. The van der Waals surface area contributed by atoms with Crippen molar-refractivity contribution >= 4 is 13.9 Å². The maximum atomic E-state index is 10.2. The largest absolute Gasteiger partial charge is 0.300 e. The number of hydrogen-bond donors (Lipinski definition) is 0. The molecule has 1 nitrogen and oxygen atoms in total. The monoisotopic (exact) mass is 228 g/mol. The van der Waals surface area contributed by atoms with E-state index in [1.165, 1.54) is 19.3 Å². The summed E-state index contributed by atoms with van der Waals surface area (Å²) in [5, 5.41) is 0. The van der Waals surface area contributed by atoms with Crippen molar-refractivity contribution in [3.63, 3.8) is 0 Å². The Hall–Kier alpha value is -0.113. The average molecular weight is 228 g/mol. The Morgan fingerprint density at radius 1 is 1.20 bits per heavy atom. The third-order valence-corrected chi connectivity index (χ3v) is 8.43. The van der Waals surface area contributed by atoms with E-state index in [4.69, 9.17) is 0 Å². The summed E-state index contributed by atoms with van der Waals surface area (Å²) in [5.74, 6) is 0.343. The van der Waals surface area contributed by atoms with E-state index in [0.717, 1.165) is 5.54 Å². The van der Waals surface area contributed by atoms with E-state index in [-0.39, 0.29) is 0 Å². The van der Waals surface area contributed by atoms with Crippen LogP contribution in [-0.2, 0) is 4.79 Å². The van der Waals surface area contributed by atoms with Crippen molar-refractivity contribution in [3.05, 3.63) is 0 Å². The Morgan fingerprint density at radius 3 is 1.93 bits per heavy atom. The minimum Gasteiger partial charge on any atom is -0.300 e. The van der Waals surface area contributed by atoms with Crippen molar-refractivity contribution in [1.82, 2.24) is 0 Å². The van der Waals surface area contributed by atoms with Crippen molar-refractivity contribution in [2.45, 2.75) is 77.6 Å². The number of rotatable bonds is 2. The first-order chi connectivity index (χ1) is 6.94. The summed E-state index contributed by atoms with van der Waals surface area (Å²) in [4.78, 5) is 10.2. The van der Waals surface area contributed by atoms with E-state index in [9.17, 15) is 4.79 Å². The highest BCUT2D eigenvalue weighted by Crippen LogP contribution is 2.36. The van der Waals surface area contributed by atoms with Gasteiger partial charge in [-0.15, -0.1) is 0 Å². The van der Waals surface area contributed by atoms with Crippen LogP contribution in [0.5, 0.6) is 0 Å². The van der Waals surface area contributed by atoms with Gasteiger partial charge in [0.25, 0.3) is 0 Å². The van der Waals surface area contributed by atoms with Gasteiger partial charge in [-0.25, -0.2) is 0 Å². The molecule has 1 rings (SSSR count). The molecule has 0 radical (unpaired) electrons. The number of ketones is 1. The maximum absolute atomic E-state index is 10.2. The minimum absolute atomic E-state index is 0.343. The highest BCUT2D eigenvalue weighted by Gasteiger charge is 2.30. The molecule has 1 heterocycles. The van der Waals surface area contributed by atoms with Crippen molar-refractivity contribution < 1.29 is 4.79 Å². The maximum Gasteiger partial charge on any atom is 0.132 e. The molecule has 1 saturated heterocycles. The quantitative estimate of drug-likeness (QED) is 0.629. The summed E-state index contributed by atoms with van der Waals surface area (Å²) in [6, 6.07) is 1.58. The van der Waals surface area contributed by atoms with Gasteiger partial charge in [-0.2, -0.15) is 0 Å². The summed E-state index contributed by atoms with van der Waals surface area (Å²) >= 11 is 0. The fraction of sp³-hybridized carbons (Fsp3) is 0.923. The van der Waals surface area contributed by atoms with Crippen LogP contribution in [0.15, 0.2) is 0 Å². The predicted octanol–water partition coefficient (Wildman–Crippen LogP) is 4.64. The van der Waals surface area contributed by atoms with Crippen LogP contribution in [0.3, 0.4) is 0 Å². The molecule has 0 spiro atoms. The van der Waals surface area contributed by atoms with Gasteiger partial charge in [0.2, 0.25) is 0 Å². The summed E-state index contributed by atoms with van der Waals surface area (Å²) in [5.41, 5.74) is 1.09. The van der Waals surface area contributed by atoms with E-state index in [1.807, 2.05) is 13.8 Å². The Balaban J connectivity index is 0.000000288. The SMILES string of the molecule is CC1CCCC[Si]1(C)C.CCC(=O)CC. The van der Waals surface area contributed by atoms with Gasteiger partial charge < -0.3 is 0 Å². The molecule has 0 saturated carbocycles. The van der Waals surface area contributed by atoms with Gasteiger partial charge >= 0.3 is 0 Å². The molecular weight excluding hydrogens is 200 g/mol. The van der Waals surface area contributed by atoms with Crippen LogP contribution in [0.2, 0.25) is 24.7 Å². The molecule has 0 aliphatic carbocycles. The first-order valence-corrected chi connectivity index (χ1v) is 9.74. The molecule has 0 N–H and O–H groups in total. The molecule has 1 fully saturated rings. The summed E-state index contributed by atoms with van der Waals surface area (Å²) in [7, 11) is -0.694. The van der Waals surface area contributed by atoms with Crippen molar-refractivity contribution in [3.8, 4) is 0 Å². The lowest BCUT2D eigenvalue weighted by molar-refractivity contribution is -0.118. The van der Waals surface area contributed by atoms with Crippen LogP contribution in [0, 0.1) is 0 Å². The van der Waals surface area contributed by atoms with Crippen LogP contribution in [0.1, 0.15) is 52.9 Å². The smallest absolute Gasteiger partial charge is 0.132 e. The molecule has 0 aromatic carbocycles. The van der Waals surface area contributed by atoms with Gasteiger partial charge in [-0.1, -0.05) is 59.2 Å². The van der Waals surface area contributed by atoms with Gasteiger partial charge in [-0.05, 0) is 5.54 Å². The Bertz CT molecular complexity index is 181. The van der Waals surface area contributed by atoms with E-state index in [0.29, 0.717) is 18.6 Å². The molecule has 1 aliphatic heterocycles. The van der Waals surface area contributed by atoms with Crippen LogP contribution in [0.25, 0.3) is 0 Å². The molecule has 0 aromatic heterocycles. The molecule has 0 amide bonds. The molecule has 0 aromatic rings. The van der Waals surface area contributed by atoms with Crippen molar-refractivity contribution in [1.29, 1.82) is 0 Å². The zero-order valence-electron chi connectivity index (χ0n) is 11.2. The second-order valence-electron chi connectivity index (χ2n) is 5.38. The molecule has 0 bridgehead atoms. The Labute approximate surface area is 96.7 Å². The van der Waals surface area contributed by atoms with Gasteiger partial charge in [0.1, 0.15) is 5.78 Å². The third-order valence-electron chi connectivity index (χ3n) is 3.83. The lowest BCUT2D eigenvalue weighted by Gasteiger charge is -2.34. The number of carbonyl (C=O) groups is 1. The van der Waals surface area contributed by atoms with E-state index in [1.54, 1.807) is 6.04 Å². The molecule has 2 heteroatoms. The lowest BCUT2D eigenvalue weighted by Crippen LogP contribution is -2.33. The highest BCUT2D eigenvalue weighted by molar-refractivity contribution is 6.78. The molecule has 1 unspecified atom stereocenters. The number of Topliss-reactive ketones (excluding diaryl/α,β-unsaturated/α-hetero) is 1. The molecule has 15 heavy (non-hydrogen) atoms. The Kier molecular flexibility index (Phi) is 7.15. The molecular formula is C13H28OSi. The molecule has 90 valence electrons. The molecule has 1 atom stereocenters. The topological polar surface area (TPSA) is 17.1 Å². The first kappa shape index (κ1) is 14.9. The van der Waals surface area contributed by atoms with Gasteiger partial charge in [0.05, 0.1) is 8.07 Å². The zero-order valence-corrected chi connectivity index (χ0v) is 12.2. The Morgan fingerprint density at radius 2 is 1.73 bits per heavy atom. The van der Waals surface area contributed by atoms with Crippen molar-refractivity contribution in [2.24, 2.45) is 0 Å². The van der Waals surface area contributed by atoms with Gasteiger partial charge in [0, 0.05) is 12.8 Å². The van der Waals surface area contributed by atoms with Crippen LogP contribution in [0.4, 0.5) is 0 Å².